The summed E-state index contributed by atoms with van der Waals surface area (Å²) in [5, 5.41) is 0. The van der Waals surface area contributed by atoms with E-state index in [1.807, 2.05) is 19.1 Å². The molecule has 88 valence electrons. The largest absolute Gasteiger partial charge is 0.397 e. The van der Waals surface area contributed by atoms with Crippen molar-refractivity contribution in [2.45, 2.75) is 39.7 Å². The number of pyridine rings is 1. The van der Waals surface area contributed by atoms with Gasteiger partial charge in [-0.05, 0) is 37.8 Å². The van der Waals surface area contributed by atoms with Crippen molar-refractivity contribution >= 4 is 11.5 Å². The molecule has 1 unspecified atom stereocenters. The zero-order chi connectivity index (χ0) is 11.7. The monoisotopic (exact) mass is 219 g/mol. The number of nitrogens with two attached hydrogens (primary N) is 1. The van der Waals surface area contributed by atoms with Crippen molar-refractivity contribution in [2.75, 3.05) is 17.2 Å². The second-order valence-electron chi connectivity index (χ2n) is 4.99. The van der Waals surface area contributed by atoms with Gasteiger partial charge in [0.05, 0.1) is 11.4 Å². The fraction of sp³-hybridized carbons (Fsp3) is 0.615. The molecule has 2 heterocycles. The van der Waals surface area contributed by atoms with Crippen molar-refractivity contribution in [1.82, 2.24) is 4.98 Å². The van der Waals surface area contributed by atoms with Crippen molar-refractivity contribution in [3.63, 3.8) is 0 Å². The maximum atomic E-state index is 5.80. The highest BCUT2D eigenvalue weighted by Crippen LogP contribution is 2.29. The van der Waals surface area contributed by atoms with Gasteiger partial charge in [0.15, 0.2) is 0 Å². The number of hydrogen-bond donors (Lipinski definition) is 1. The zero-order valence-electron chi connectivity index (χ0n) is 10.4. The van der Waals surface area contributed by atoms with E-state index in [0.717, 1.165) is 23.7 Å². The molecule has 3 heteroatoms. The summed E-state index contributed by atoms with van der Waals surface area (Å²) < 4.78 is 0. The molecule has 1 saturated heterocycles. The zero-order valence-corrected chi connectivity index (χ0v) is 10.4. The lowest BCUT2D eigenvalue weighted by Gasteiger charge is -2.29. The van der Waals surface area contributed by atoms with Crippen LogP contribution in [-0.4, -0.2) is 17.6 Å². The van der Waals surface area contributed by atoms with Crippen LogP contribution in [0.4, 0.5) is 11.5 Å². The fourth-order valence-electron chi connectivity index (χ4n) is 2.49. The standard InChI is InChI=1S/C13H21N3/c1-9(2)12-5-4-8-16(12)13-7-6-11(14)10(3)15-13/h6-7,9,12H,4-5,8,14H2,1-3H3. The van der Waals surface area contributed by atoms with Crippen LogP contribution in [0.3, 0.4) is 0 Å². The minimum atomic E-state index is 0.635. The normalized spacial score (nSPS) is 20.8. The fourth-order valence-corrected chi connectivity index (χ4v) is 2.49. The smallest absolute Gasteiger partial charge is 0.129 e. The third kappa shape index (κ3) is 1.99. The van der Waals surface area contributed by atoms with E-state index in [2.05, 4.69) is 23.7 Å². The highest BCUT2D eigenvalue weighted by Gasteiger charge is 2.27. The van der Waals surface area contributed by atoms with E-state index in [1.54, 1.807) is 0 Å². The number of aryl methyl sites for hydroxylation is 1. The van der Waals surface area contributed by atoms with Gasteiger partial charge in [-0.3, -0.25) is 0 Å². The van der Waals surface area contributed by atoms with Crippen LogP contribution in [0.1, 0.15) is 32.4 Å². The number of anilines is 2. The Kier molecular flexibility index (Phi) is 3.03. The van der Waals surface area contributed by atoms with Crippen molar-refractivity contribution in [2.24, 2.45) is 5.92 Å². The Labute approximate surface area is 97.7 Å². The van der Waals surface area contributed by atoms with Crippen LogP contribution < -0.4 is 10.6 Å². The van der Waals surface area contributed by atoms with Gasteiger partial charge < -0.3 is 10.6 Å². The minimum absolute atomic E-state index is 0.635. The summed E-state index contributed by atoms with van der Waals surface area (Å²) in [6.07, 6.45) is 2.55. The average molecular weight is 219 g/mol. The molecule has 0 aromatic carbocycles. The maximum absolute atomic E-state index is 5.80. The van der Waals surface area contributed by atoms with Gasteiger partial charge in [-0.25, -0.2) is 4.98 Å². The Morgan fingerprint density at radius 3 is 2.81 bits per heavy atom. The van der Waals surface area contributed by atoms with Gasteiger partial charge in [-0.15, -0.1) is 0 Å². The first-order valence-corrected chi connectivity index (χ1v) is 6.09. The molecule has 3 nitrogen and oxygen atoms in total. The van der Waals surface area contributed by atoms with Crippen LogP contribution >= 0.6 is 0 Å². The van der Waals surface area contributed by atoms with E-state index >= 15 is 0 Å². The summed E-state index contributed by atoms with van der Waals surface area (Å²) in [4.78, 5) is 7.02. The molecule has 0 bridgehead atoms. The molecule has 16 heavy (non-hydrogen) atoms. The number of aromatic nitrogens is 1. The van der Waals surface area contributed by atoms with Crippen LogP contribution in [-0.2, 0) is 0 Å². The van der Waals surface area contributed by atoms with Crippen molar-refractivity contribution in [3.8, 4) is 0 Å². The molecule has 2 N–H and O–H groups in total. The van der Waals surface area contributed by atoms with E-state index in [4.69, 9.17) is 5.73 Å². The van der Waals surface area contributed by atoms with Crippen molar-refractivity contribution in [1.29, 1.82) is 0 Å². The molecule has 1 aliphatic heterocycles. The van der Waals surface area contributed by atoms with Crippen LogP contribution in [0.5, 0.6) is 0 Å². The third-order valence-electron chi connectivity index (χ3n) is 3.48. The molecule has 1 atom stereocenters. The van der Waals surface area contributed by atoms with Gasteiger partial charge in [0.25, 0.3) is 0 Å². The second-order valence-corrected chi connectivity index (χ2v) is 4.99. The Balaban J connectivity index is 2.26. The summed E-state index contributed by atoms with van der Waals surface area (Å²) in [5.74, 6) is 1.77. The van der Waals surface area contributed by atoms with Crippen LogP contribution in [0.25, 0.3) is 0 Å². The van der Waals surface area contributed by atoms with Gasteiger partial charge in [0.2, 0.25) is 0 Å². The SMILES string of the molecule is Cc1nc(N2CCCC2C(C)C)ccc1N. The lowest BCUT2D eigenvalue weighted by atomic mass is 10.0. The number of hydrogen-bond acceptors (Lipinski definition) is 3. The molecular formula is C13H21N3. The van der Waals surface area contributed by atoms with E-state index < -0.39 is 0 Å². The first kappa shape index (κ1) is 11.2. The van der Waals surface area contributed by atoms with Crippen LogP contribution in [0.15, 0.2) is 12.1 Å². The number of nitrogens with zero attached hydrogens (tertiary/aromatic N) is 2. The van der Waals surface area contributed by atoms with Gasteiger partial charge in [0.1, 0.15) is 5.82 Å². The number of nitrogen functional groups attached to an aromatic ring is 1. The maximum Gasteiger partial charge on any atom is 0.129 e. The Hall–Kier alpha value is -1.25. The molecule has 1 aromatic heterocycles. The highest BCUT2D eigenvalue weighted by atomic mass is 15.2. The lowest BCUT2D eigenvalue weighted by Crippen LogP contribution is -2.34. The van der Waals surface area contributed by atoms with Crippen molar-refractivity contribution in [3.05, 3.63) is 17.8 Å². The van der Waals surface area contributed by atoms with E-state index in [0.29, 0.717) is 12.0 Å². The minimum Gasteiger partial charge on any atom is -0.397 e. The van der Waals surface area contributed by atoms with Crippen LogP contribution in [0, 0.1) is 12.8 Å². The Morgan fingerprint density at radius 1 is 1.44 bits per heavy atom. The molecule has 0 radical (unpaired) electrons. The quantitative estimate of drug-likeness (QED) is 0.831. The molecule has 1 aliphatic rings. The molecule has 0 spiro atoms. The summed E-state index contributed by atoms with van der Waals surface area (Å²) in [6.45, 7) is 7.67. The molecule has 0 saturated carbocycles. The summed E-state index contributed by atoms with van der Waals surface area (Å²) in [7, 11) is 0. The predicted molar refractivity (Wildman–Crippen MR) is 68.6 cm³/mol. The van der Waals surface area contributed by atoms with Crippen molar-refractivity contribution < 1.29 is 0 Å². The van der Waals surface area contributed by atoms with Gasteiger partial charge >= 0.3 is 0 Å². The molecule has 0 amide bonds. The molecule has 1 aromatic rings. The van der Waals surface area contributed by atoms with Gasteiger partial charge in [-0.1, -0.05) is 13.8 Å². The predicted octanol–water partition coefficient (Wildman–Crippen LogP) is 2.60. The van der Waals surface area contributed by atoms with E-state index in [-0.39, 0.29) is 0 Å². The van der Waals surface area contributed by atoms with Gasteiger partial charge in [-0.2, -0.15) is 0 Å². The first-order chi connectivity index (χ1) is 7.59. The van der Waals surface area contributed by atoms with Crippen LogP contribution in [0.2, 0.25) is 0 Å². The first-order valence-electron chi connectivity index (χ1n) is 6.09. The molecule has 2 rings (SSSR count). The molecular weight excluding hydrogens is 198 g/mol. The Bertz CT molecular complexity index is 373. The number of rotatable bonds is 2. The second kappa shape index (κ2) is 4.32. The van der Waals surface area contributed by atoms with E-state index in [9.17, 15) is 0 Å². The topological polar surface area (TPSA) is 42.2 Å². The summed E-state index contributed by atoms with van der Waals surface area (Å²) in [6, 6.07) is 4.65. The average Bonchev–Trinajstić information content (AvgIpc) is 2.71. The Morgan fingerprint density at radius 2 is 2.19 bits per heavy atom. The summed E-state index contributed by atoms with van der Waals surface area (Å²) in [5.41, 5.74) is 7.52. The highest BCUT2D eigenvalue weighted by molar-refractivity contribution is 5.51. The lowest BCUT2D eigenvalue weighted by molar-refractivity contribution is 0.489. The third-order valence-corrected chi connectivity index (χ3v) is 3.48. The molecule has 1 fully saturated rings. The van der Waals surface area contributed by atoms with E-state index in [1.165, 1.54) is 12.8 Å². The molecule has 0 aliphatic carbocycles. The van der Waals surface area contributed by atoms with Gasteiger partial charge in [0, 0.05) is 12.6 Å². The summed E-state index contributed by atoms with van der Waals surface area (Å²) >= 11 is 0.